The zero-order chi connectivity index (χ0) is 24.4. The molecule has 0 amide bonds. The highest BCUT2D eigenvalue weighted by Gasteiger charge is 2.09. The normalized spacial score (nSPS) is 12.5. The van der Waals surface area contributed by atoms with Crippen LogP contribution in [0.15, 0.2) is 30.5 Å². The second-order valence-electron chi connectivity index (χ2n) is 10.1. The monoisotopic (exact) mass is 487 g/mol. The maximum absolute atomic E-state index is 6.15. The average molecular weight is 488 g/mol. The van der Waals surface area contributed by atoms with Crippen LogP contribution in [0.2, 0.25) is 5.02 Å². The average Bonchev–Trinajstić information content (AvgIpc) is 2.83. The molecule has 1 atom stereocenters. The number of halogens is 1. The summed E-state index contributed by atoms with van der Waals surface area (Å²) in [6, 6.07) is 8.48. The first-order chi connectivity index (χ1) is 16.6. The second-order valence-corrected chi connectivity index (χ2v) is 10.5. The number of hydrogen-bond acceptors (Lipinski definition) is 3. The zero-order valence-corrected chi connectivity index (χ0v) is 23.0. The van der Waals surface area contributed by atoms with Crippen molar-refractivity contribution in [3.05, 3.63) is 35.5 Å². The number of fused-ring (bicyclic) bond motifs is 1. The lowest BCUT2D eigenvalue weighted by Gasteiger charge is -2.24. The summed E-state index contributed by atoms with van der Waals surface area (Å²) in [4.78, 5) is 7.21. The third kappa shape index (κ3) is 11.9. The van der Waals surface area contributed by atoms with Crippen molar-refractivity contribution in [2.75, 3.05) is 25.0 Å². The van der Waals surface area contributed by atoms with Gasteiger partial charge in [0.1, 0.15) is 0 Å². The molecule has 1 heterocycles. The summed E-state index contributed by atoms with van der Waals surface area (Å²) in [5.41, 5.74) is 2.11. The molecule has 1 aromatic carbocycles. The lowest BCUT2D eigenvalue weighted by molar-refractivity contribution is 0.254. The van der Waals surface area contributed by atoms with Crippen molar-refractivity contribution in [1.82, 2.24) is 9.88 Å². The largest absolute Gasteiger partial charge is 0.382 e. The van der Waals surface area contributed by atoms with Gasteiger partial charge >= 0.3 is 0 Å². The summed E-state index contributed by atoms with van der Waals surface area (Å²) in [6.45, 7) is 10.7. The molecule has 1 N–H and O–H groups in total. The van der Waals surface area contributed by atoms with Crippen LogP contribution in [0, 0.1) is 0 Å². The molecule has 2 rings (SSSR count). The summed E-state index contributed by atoms with van der Waals surface area (Å²) in [5.74, 6) is 0. The predicted octanol–water partition coefficient (Wildman–Crippen LogP) is 9.49. The number of anilines is 1. The highest BCUT2D eigenvalue weighted by molar-refractivity contribution is 6.31. The fraction of sp³-hybridized carbons (Fsp3) is 0.700. The number of benzene rings is 1. The fourth-order valence-corrected chi connectivity index (χ4v) is 4.94. The summed E-state index contributed by atoms with van der Waals surface area (Å²) in [5, 5.41) is 5.60. The van der Waals surface area contributed by atoms with Gasteiger partial charge in [-0.05, 0) is 76.5 Å². The van der Waals surface area contributed by atoms with Crippen LogP contribution in [-0.2, 0) is 0 Å². The van der Waals surface area contributed by atoms with Gasteiger partial charge < -0.3 is 10.2 Å². The van der Waals surface area contributed by atoms with E-state index < -0.39 is 0 Å². The van der Waals surface area contributed by atoms with E-state index in [9.17, 15) is 0 Å². The minimum atomic E-state index is 0.436. The molecule has 0 saturated heterocycles. The van der Waals surface area contributed by atoms with E-state index in [0.29, 0.717) is 6.04 Å². The molecule has 34 heavy (non-hydrogen) atoms. The molecular formula is C30H50ClN3. The number of aromatic nitrogens is 1. The van der Waals surface area contributed by atoms with Gasteiger partial charge in [0.2, 0.25) is 0 Å². The standard InChI is InChI=1S/C30H50ClN3/c1-4-6-8-10-12-14-22-34(23-15-13-11-9-7-5-2)24-16-17-26(3)33-29-20-21-32-30-25-27(31)18-19-28(29)30/h18-21,25-26H,4-17,22-24H2,1-3H3,(H,32,33)/t26-/m0/s1. The highest BCUT2D eigenvalue weighted by Crippen LogP contribution is 2.25. The van der Waals surface area contributed by atoms with Gasteiger partial charge in [-0.25, -0.2) is 0 Å². The molecular weight excluding hydrogens is 438 g/mol. The number of unbranched alkanes of at least 4 members (excludes halogenated alkanes) is 10. The van der Waals surface area contributed by atoms with Gasteiger partial charge in [0.05, 0.1) is 5.52 Å². The quantitative estimate of drug-likeness (QED) is 0.188. The summed E-state index contributed by atoms with van der Waals surface area (Å²) in [6.07, 6.45) is 20.9. The van der Waals surface area contributed by atoms with E-state index in [1.165, 1.54) is 110 Å². The summed E-state index contributed by atoms with van der Waals surface area (Å²) < 4.78 is 0. The lowest BCUT2D eigenvalue weighted by atomic mass is 10.1. The minimum absolute atomic E-state index is 0.436. The van der Waals surface area contributed by atoms with E-state index in [0.717, 1.165) is 21.6 Å². The van der Waals surface area contributed by atoms with E-state index in [-0.39, 0.29) is 0 Å². The predicted molar refractivity (Wildman–Crippen MR) is 152 cm³/mol. The first kappa shape index (κ1) is 28.9. The third-order valence-electron chi connectivity index (χ3n) is 6.87. The molecule has 0 bridgehead atoms. The van der Waals surface area contributed by atoms with Crippen LogP contribution in [0.25, 0.3) is 10.9 Å². The molecule has 192 valence electrons. The topological polar surface area (TPSA) is 28.2 Å². The van der Waals surface area contributed by atoms with Gasteiger partial charge in [-0.2, -0.15) is 0 Å². The molecule has 0 fully saturated rings. The molecule has 0 aliphatic heterocycles. The van der Waals surface area contributed by atoms with Gasteiger partial charge in [-0.1, -0.05) is 89.7 Å². The second kappa shape index (κ2) is 18.0. The Labute approximate surface area is 215 Å². The fourth-order valence-electron chi connectivity index (χ4n) is 4.77. The molecule has 0 spiro atoms. The van der Waals surface area contributed by atoms with Crippen molar-refractivity contribution in [2.24, 2.45) is 0 Å². The van der Waals surface area contributed by atoms with Crippen LogP contribution < -0.4 is 5.32 Å². The molecule has 0 aliphatic rings. The van der Waals surface area contributed by atoms with Crippen LogP contribution in [-0.4, -0.2) is 35.6 Å². The van der Waals surface area contributed by atoms with Crippen LogP contribution in [0.3, 0.4) is 0 Å². The molecule has 4 heteroatoms. The Kier molecular flexibility index (Phi) is 15.3. The van der Waals surface area contributed by atoms with Crippen molar-refractivity contribution in [3.63, 3.8) is 0 Å². The Bertz CT molecular complexity index is 763. The van der Waals surface area contributed by atoms with Crippen molar-refractivity contribution in [1.29, 1.82) is 0 Å². The van der Waals surface area contributed by atoms with Crippen LogP contribution in [0.5, 0.6) is 0 Å². The molecule has 0 unspecified atom stereocenters. The molecule has 0 radical (unpaired) electrons. The van der Waals surface area contributed by atoms with Crippen molar-refractivity contribution in [3.8, 4) is 0 Å². The first-order valence-electron chi connectivity index (χ1n) is 14.2. The van der Waals surface area contributed by atoms with E-state index in [1.54, 1.807) is 0 Å². The smallest absolute Gasteiger partial charge is 0.0737 e. The molecule has 0 saturated carbocycles. The third-order valence-corrected chi connectivity index (χ3v) is 7.11. The van der Waals surface area contributed by atoms with Gasteiger partial charge in [-0.15, -0.1) is 0 Å². The Hall–Kier alpha value is -1.32. The van der Waals surface area contributed by atoms with E-state index in [4.69, 9.17) is 11.6 Å². The Morgan fingerprint density at radius 3 is 2.03 bits per heavy atom. The van der Waals surface area contributed by atoms with Crippen LogP contribution in [0.1, 0.15) is 111 Å². The van der Waals surface area contributed by atoms with Crippen LogP contribution >= 0.6 is 11.6 Å². The number of hydrogen-bond donors (Lipinski definition) is 1. The van der Waals surface area contributed by atoms with Gasteiger partial charge in [0, 0.05) is 28.3 Å². The van der Waals surface area contributed by atoms with Crippen molar-refractivity contribution >= 4 is 28.2 Å². The number of nitrogens with one attached hydrogen (secondary N) is 1. The summed E-state index contributed by atoms with van der Waals surface area (Å²) in [7, 11) is 0. The number of pyridine rings is 1. The number of rotatable bonds is 20. The zero-order valence-electron chi connectivity index (χ0n) is 22.3. The van der Waals surface area contributed by atoms with Gasteiger partial charge in [0.15, 0.2) is 0 Å². The SMILES string of the molecule is CCCCCCCCN(CCCCCCCC)CCC[C@H](C)Nc1ccnc2cc(Cl)ccc12. The Morgan fingerprint density at radius 1 is 0.794 bits per heavy atom. The molecule has 0 aliphatic carbocycles. The molecule has 2 aromatic rings. The number of nitrogens with zero attached hydrogens (tertiary/aromatic N) is 2. The van der Waals surface area contributed by atoms with Crippen molar-refractivity contribution in [2.45, 2.75) is 117 Å². The van der Waals surface area contributed by atoms with E-state index >= 15 is 0 Å². The lowest BCUT2D eigenvalue weighted by Crippen LogP contribution is -2.28. The first-order valence-corrected chi connectivity index (χ1v) is 14.5. The maximum Gasteiger partial charge on any atom is 0.0737 e. The Balaban J connectivity index is 1.75. The summed E-state index contributed by atoms with van der Waals surface area (Å²) >= 11 is 6.15. The van der Waals surface area contributed by atoms with Crippen molar-refractivity contribution < 1.29 is 0 Å². The minimum Gasteiger partial charge on any atom is -0.382 e. The highest BCUT2D eigenvalue weighted by atomic mass is 35.5. The van der Waals surface area contributed by atoms with Gasteiger partial charge in [0.25, 0.3) is 0 Å². The molecule has 1 aromatic heterocycles. The van der Waals surface area contributed by atoms with Crippen LogP contribution in [0.4, 0.5) is 5.69 Å². The Morgan fingerprint density at radius 2 is 1.38 bits per heavy atom. The molecule has 3 nitrogen and oxygen atoms in total. The van der Waals surface area contributed by atoms with E-state index in [1.807, 2.05) is 18.3 Å². The van der Waals surface area contributed by atoms with E-state index in [2.05, 4.69) is 48.1 Å². The van der Waals surface area contributed by atoms with Gasteiger partial charge in [-0.3, -0.25) is 4.98 Å². The maximum atomic E-state index is 6.15.